The van der Waals surface area contributed by atoms with Crippen molar-refractivity contribution in [2.45, 2.75) is 69.2 Å². The van der Waals surface area contributed by atoms with Gasteiger partial charge in [-0.05, 0) is 56.1 Å². The van der Waals surface area contributed by atoms with Crippen LogP contribution in [0.2, 0.25) is 0 Å². The Bertz CT molecular complexity index is 1210. The summed E-state index contributed by atoms with van der Waals surface area (Å²) in [5, 5.41) is 13.8. The largest absolute Gasteiger partial charge is 0.490 e. The molecule has 1 N–H and O–H groups in total. The van der Waals surface area contributed by atoms with E-state index in [-0.39, 0.29) is 43.2 Å². The number of carbonyl (C=O) groups is 2. The minimum atomic E-state index is -0.0123. The lowest BCUT2D eigenvalue weighted by molar-refractivity contribution is -0.134. The van der Waals surface area contributed by atoms with Gasteiger partial charge >= 0.3 is 0 Å². The summed E-state index contributed by atoms with van der Waals surface area (Å²) in [5.41, 5.74) is 2.76. The van der Waals surface area contributed by atoms with Gasteiger partial charge in [-0.15, -0.1) is 0 Å². The smallest absolute Gasteiger partial charge is 0.274 e. The Hall–Kier alpha value is -2.91. The SMILES string of the molecule is O=C(c1nn(CC(=O)N2CCC(Oc3ccccc3)C3CC32)c2c1[C@@H]1C[C@@H]1C2)N1CCC(OCCO)CC1. The van der Waals surface area contributed by atoms with Crippen LogP contribution >= 0.6 is 0 Å². The molecule has 0 bridgehead atoms. The van der Waals surface area contributed by atoms with E-state index >= 15 is 0 Å². The minimum absolute atomic E-state index is 0.0123. The van der Waals surface area contributed by atoms with Crippen LogP contribution in [0.3, 0.4) is 0 Å². The van der Waals surface area contributed by atoms with Gasteiger partial charge in [0.2, 0.25) is 5.91 Å². The van der Waals surface area contributed by atoms with Crippen molar-refractivity contribution >= 4 is 11.8 Å². The molecule has 2 amide bonds. The number of para-hydroxylation sites is 1. The van der Waals surface area contributed by atoms with E-state index in [0.717, 1.165) is 55.5 Å². The van der Waals surface area contributed by atoms with Gasteiger partial charge in [-0.1, -0.05) is 18.2 Å². The Morgan fingerprint density at radius 3 is 2.66 bits per heavy atom. The molecule has 2 saturated carbocycles. The number of nitrogens with zero attached hydrogens (tertiary/aromatic N) is 4. The molecule has 3 aliphatic carbocycles. The van der Waals surface area contributed by atoms with Crippen LogP contribution in [0, 0.1) is 11.8 Å². The summed E-state index contributed by atoms with van der Waals surface area (Å²) in [4.78, 5) is 30.9. The van der Waals surface area contributed by atoms with Crippen molar-refractivity contribution in [3.63, 3.8) is 0 Å². The van der Waals surface area contributed by atoms with Crippen LogP contribution in [-0.2, 0) is 22.5 Å². The zero-order valence-corrected chi connectivity index (χ0v) is 21.7. The second kappa shape index (κ2) is 9.68. The summed E-state index contributed by atoms with van der Waals surface area (Å²) < 4.78 is 13.7. The van der Waals surface area contributed by atoms with E-state index in [1.807, 2.05) is 44.8 Å². The molecule has 4 fully saturated rings. The highest BCUT2D eigenvalue weighted by molar-refractivity contribution is 5.95. The number of rotatable bonds is 8. The van der Waals surface area contributed by atoms with Gasteiger partial charge in [0.25, 0.3) is 5.91 Å². The number of amides is 2. The van der Waals surface area contributed by atoms with E-state index in [2.05, 4.69) is 0 Å². The maximum atomic E-state index is 13.5. The molecule has 202 valence electrons. The molecule has 2 aromatic rings. The second-order valence-electron chi connectivity index (χ2n) is 11.6. The highest BCUT2D eigenvalue weighted by atomic mass is 16.5. The molecule has 1 aromatic carbocycles. The molecule has 3 heterocycles. The van der Waals surface area contributed by atoms with E-state index in [1.54, 1.807) is 0 Å². The van der Waals surface area contributed by atoms with Gasteiger partial charge in [-0.25, -0.2) is 0 Å². The maximum absolute atomic E-state index is 13.5. The Kier molecular flexibility index (Phi) is 6.15. The third-order valence-electron chi connectivity index (χ3n) is 9.20. The number of fused-ring (bicyclic) bond motifs is 4. The standard InChI is InChI=1S/C29H36N4O5/c34-12-13-37-19-6-9-31(10-7-19)29(36)28-27-21-14-18(21)15-24(27)33(30-28)17-26(35)32-11-8-25(22-16-23(22)32)38-20-4-2-1-3-5-20/h1-5,18-19,21-23,25,34H,6-17H2/t18-,21-,22?,23?,25?/m1/s1. The highest BCUT2D eigenvalue weighted by Gasteiger charge is 2.53. The third-order valence-corrected chi connectivity index (χ3v) is 9.20. The summed E-state index contributed by atoms with van der Waals surface area (Å²) in [5.74, 6) is 2.41. The Labute approximate surface area is 222 Å². The molecule has 3 unspecified atom stereocenters. The maximum Gasteiger partial charge on any atom is 0.274 e. The van der Waals surface area contributed by atoms with E-state index in [9.17, 15) is 9.59 Å². The van der Waals surface area contributed by atoms with Crippen LogP contribution in [0.5, 0.6) is 5.75 Å². The number of piperidine rings is 2. The van der Waals surface area contributed by atoms with Gasteiger partial charge in [0.05, 0.1) is 19.3 Å². The van der Waals surface area contributed by atoms with Crippen LogP contribution in [0.25, 0.3) is 0 Å². The fourth-order valence-corrected chi connectivity index (χ4v) is 7.03. The summed E-state index contributed by atoms with van der Waals surface area (Å²) in [6.07, 6.45) is 5.67. The number of likely N-dealkylation sites (tertiary alicyclic amines) is 2. The first kappa shape index (κ1) is 24.2. The number of hydrogen-bond donors (Lipinski definition) is 1. The lowest BCUT2D eigenvalue weighted by Gasteiger charge is -2.32. The molecule has 5 aliphatic rings. The number of aliphatic hydroxyl groups is 1. The molecule has 9 heteroatoms. The number of aliphatic hydroxyl groups excluding tert-OH is 1. The molecule has 9 nitrogen and oxygen atoms in total. The van der Waals surface area contributed by atoms with Crippen LogP contribution in [0.4, 0.5) is 0 Å². The summed E-state index contributed by atoms with van der Waals surface area (Å²) in [6, 6.07) is 10.2. The summed E-state index contributed by atoms with van der Waals surface area (Å²) in [6.45, 7) is 2.53. The average molecular weight is 521 g/mol. The Morgan fingerprint density at radius 2 is 1.87 bits per heavy atom. The highest BCUT2D eigenvalue weighted by Crippen LogP contribution is 2.57. The van der Waals surface area contributed by atoms with E-state index < -0.39 is 0 Å². The average Bonchev–Trinajstić information content (AvgIpc) is 3.84. The molecule has 1 aromatic heterocycles. The van der Waals surface area contributed by atoms with Gasteiger partial charge < -0.3 is 24.4 Å². The lowest BCUT2D eigenvalue weighted by atomic mass is 10.1. The van der Waals surface area contributed by atoms with Gasteiger partial charge in [0, 0.05) is 49.3 Å². The molecule has 38 heavy (non-hydrogen) atoms. The third kappa shape index (κ3) is 4.39. The Balaban J connectivity index is 1.01. The first-order valence-corrected chi connectivity index (χ1v) is 14.2. The number of ether oxygens (including phenoxy) is 2. The van der Waals surface area contributed by atoms with Crippen molar-refractivity contribution in [2.24, 2.45) is 11.8 Å². The van der Waals surface area contributed by atoms with E-state index in [4.69, 9.17) is 19.7 Å². The predicted octanol–water partition coefficient (Wildman–Crippen LogP) is 2.22. The number of benzene rings is 1. The van der Waals surface area contributed by atoms with Crippen LogP contribution in [0.15, 0.2) is 30.3 Å². The molecule has 5 atom stereocenters. The van der Waals surface area contributed by atoms with Crippen LogP contribution in [0.1, 0.15) is 59.8 Å². The topological polar surface area (TPSA) is 97.1 Å². The van der Waals surface area contributed by atoms with Crippen molar-refractivity contribution in [2.75, 3.05) is 32.8 Å². The van der Waals surface area contributed by atoms with Gasteiger partial charge in [-0.2, -0.15) is 5.10 Å². The molecule has 7 rings (SSSR count). The predicted molar refractivity (Wildman–Crippen MR) is 138 cm³/mol. The molecule has 0 radical (unpaired) electrons. The number of aromatic nitrogens is 2. The second-order valence-corrected chi connectivity index (χ2v) is 11.6. The monoisotopic (exact) mass is 520 g/mol. The summed E-state index contributed by atoms with van der Waals surface area (Å²) >= 11 is 0. The van der Waals surface area contributed by atoms with Crippen molar-refractivity contribution in [3.05, 3.63) is 47.3 Å². The first-order valence-electron chi connectivity index (χ1n) is 14.2. The van der Waals surface area contributed by atoms with E-state index in [0.29, 0.717) is 49.7 Å². The summed E-state index contributed by atoms with van der Waals surface area (Å²) in [7, 11) is 0. The number of carbonyl (C=O) groups excluding carboxylic acids is 2. The Morgan fingerprint density at radius 1 is 1.05 bits per heavy atom. The van der Waals surface area contributed by atoms with E-state index in [1.165, 1.54) is 0 Å². The van der Waals surface area contributed by atoms with Crippen molar-refractivity contribution in [1.82, 2.24) is 19.6 Å². The van der Waals surface area contributed by atoms with Gasteiger partial charge in [0.1, 0.15) is 18.4 Å². The van der Waals surface area contributed by atoms with Crippen molar-refractivity contribution in [3.8, 4) is 5.75 Å². The molecular formula is C29H36N4O5. The molecule has 0 spiro atoms. The first-order chi connectivity index (χ1) is 18.6. The fourth-order valence-electron chi connectivity index (χ4n) is 7.03. The zero-order chi connectivity index (χ0) is 25.8. The van der Waals surface area contributed by atoms with Gasteiger partial charge in [0.15, 0.2) is 5.69 Å². The minimum Gasteiger partial charge on any atom is -0.490 e. The molecular weight excluding hydrogens is 484 g/mol. The van der Waals surface area contributed by atoms with Gasteiger partial charge in [-0.3, -0.25) is 14.3 Å². The normalized spacial score (nSPS) is 29.4. The number of hydrogen-bond acceptors (Lipinski definition) is 6. The zero-order valence-electron chi connectivity index (χ0n) is 21.7. The fraction of sp³-hybridized carbons (Fsp3) is 0.621. The van der Waals surface area contributed by atoms with Crippen molar-refractivity contribution in [1.29, 1.82) is 0 Å². The van der Waals surface area contributed by atoms with Crippen LogP contribution < -0.4 is 4.74 Å². The lowest BCUT2D eigenvalue weighted by Crippen LogP contribution is -2.44. The molecule has 2 saturated heterocycles. The quantitative estimate of drug-likeness (QED) is 0.574. The van der Waals surface area contributed by atoms with Crippen LogP contribution in [-0.4, -0.2) is 87.6 Å². The van der Waals surface area contributed by atoms with Crippen molar-refractivity contribution < 1.29 is 24.2 Å². The molecule has 2 aliphatic heterocycles.